The van der Waals surface area contributed by atoms with Crippen LogP contribution in [0.4, 0.5) is 10.1 Å². The van der Waals surface area contributed by atoms with Crippen molar-refractivity contribution in [2.45, 2.75) is 23.0 Å². The van der Waals surface area contributed by atoms with Gasteiger partial charge in [0.05, 0.1) is 11.9 Å². The molecular weight excluding hydrogens is 261 g/mol. The first-order valence-electron chi connectivity index (χ1n) is 6.48. The number of thioether (sulfide) groups is 1. The molecule has 2 aromatic rings. The van der Waals surface area contributed by atoms with Crippen molar-refractivity contribution in [1.29, 1.82) is 0 Å². The second-order valence-corrected chi connectivity index (χ2v) is 6.03. The standard InChI is InChI=1S/C14H16FN3S/c15-13-3-1-2-4-14(13)19-12-5-7-18(8-6-12)11-9-16-17-10-11/h1-4,9-10,12H,5-8H2,(H,16,17). The van der Waals surface area contributed by atoms with Gasteiger partial charge in [0.1, 0.15) is 5.82 Å². The fourth-order valence-corrected chi connectivity index (χ4v) is 3.51. The maximum atomic E-state index is 13.6. The first-order chi connectivity index (χ1) is 9.33. The highest BCUT2D eigenvalue weighted by atomic mass is 32.2. The van der Waals surface area contributed by atoms with E-state index in [2.05, 4.69) is 15.1 Å². The minimum atomic E-state index is -0.107. The summed E-state index contributed by atoms with van der Waals surface area (Å²) >= 11 is 1.67. The topological polar surface area (TPSA) is 31.9 Å². The van der Waals surface area contributed by atoms with E-state index in [-0.39, 0.29) is 5.82 Å². The average molecular weight is 277 g/mol. The lowest BCUT2D eigenvalue weighted by molar-refractivity contribution is 0.583. The zero-order valence-corrected chi connectivity index (χ0v) is 11.4. The molecule has 1 aromatic heterocycles. The molecule has 0 atom stereocenters. The molecule has 19 heavy (non-hydrogen) atoms. The van der Waals surface area contributed by atoms with Gasteiger partial charge in [-0.15, -0.1) is 11.8 Å². The third kappa shape index (κ3) is 2.92. The van der Waals surface area contributed by atoms with E-state index in [1.807, 2.05) is 24.5 Å². The van der Waals surface area contributed by atoms with Gasteiger partial charge < -0.3 is 4.90 Å². The van der Waals surface area contributed by atoms with Crippen molar-refractivity contribution < 1.29 is 4.39 Å². The Balaban J connectivity index is 1.57. The Hall–Kier alpha value is -1.49. The van der Waals surface area contributed by atoms with Crippen LogP contribution in [0.3, 0.4) is 0 Å². The lowest BCUT2D eigenvalue weighted by Crippen LogP contribution is -2.34. The molecule has 0 unspecified atom stereocenters. The first kappa shape index (κ1) is 12.5. The van der Waals surface area contributed by atoms with E-state index in [1.165, 1.54) is 6.07 Å². The second kappa shape index (κ2) is 5.65. The summed E-state index contributed by atoms with van der Waals surface area (Å²) in [7, 11) is 0. The van der Waals surface area contributed by atoms with E-state index < -0.39 is 0 Å². The molecule has 1 aromatic carbocycles. The first-order valence-corrected chi connectivity index (χ1v) is 7.36. The van der Waals surface area contributed by atoms with Crippen LogP contribution in [0.5, 0.6) is 0 Å². The third-order valence-corrected chi connectivity index (χ3v) is 4.81. The fraction of sp³-hybridized carbons (Fsp3) is 0.357. The van der Waals surface area contributed by atoms with Gasteiger partial charge in [0.15, 0.2) is 0 Å². The van der Waals surface area contributed by atoms with Crippen LogP contribution in [0, 0.1) is 5.82 Å². The van der Waals surface area contributed by atoms with Crippen molar-refractivity contribution in [2.24, 2.45) is 0 Å². The number of nitrogens with zero attached hydrogens (tertiary/aromatic N) is 2. The van der Waals surface area contributed by atoms with Gasteiger partial charge in [-0.25, -0.2) is 4.39 Å². The smallest absolute Gasteiger partial charge is 0.136 e. The molecule has 3 nitrogen and oxygen atoms in total. The molecule has 1 aliphatic rings. The monoisotopic (exact) mass is 277 g/mol. The minimum absolute atomic E-state index is 0.107. The molecule has 5 heteroatoms. The molecular formula is C14H16FN3S. The summed E-state index contributed by atoms with van der Waals surface area (Å²) in [5.41, 5.74) is 1.15. The molecule has 1 saturated heterocycles. The van der Waals surface area contributed by atoms with Crippen molar-refractivity contribution in [3.8, 4) is 0 Å². The van der Waals surface area contributed by atoms with Crippen LogP contribution in [0.1, 0.15) is 12.8 Å². The molecule has 0 bridgehead atoms. The van der Waals surface area contributed by atoms with E-state index in [4.69, 9.17) is 0 Å². The number of halogens is 1. The fourth-order valence-electron chi connectivity index (χ4n) is 2.37. The van der Waals surface area contributed by atoms with Crippen molar-refractivity contribution >= 4 is 17.4 Å². The zero-order chi connectivity index (χ0) is 13.1. The number of hydrogen-bond donors (Lipinski definition) is 1. The summed E-state index contributed by atoms with van der Waals surface area (Å²) in [4.78, 5) is 3.09. The lowest BCUT2D eigenvalue weighted by Gasteiger charge is -2.32. The Kier molecular flexibility index (Phi) is 3.73. The van der Waals surface area contributed by atoms with Gasteiger partial charge in [0, 0.05) is 29.4 Å². The van der Waals surface area contributed by atoms with Gasteiger partial charge in [-0.2, -0.15) is 5.10 Å². The van der Waals surface area contributed by atoms with Crippen LogP contribution >= 0.6 is 11.8 Å². The highest BCUT2D eigenvalue weighted by Crippen LogP contribution is 2.32. The molecule has 1 aliphatic heterocycles. The summed E-state index contributed by atoms with van der Waals surface area (Å²) < 4.78 is 13.6. The summed E-state index contributed by atoms with van der Waals surface area (Å²) in [6.07, 6.45) is 5.92. The van der Waals surface area contributed by atoms with Crippen LogP contribution < -0.4 is 4.90 Å². The maximum Gasteiger partial charge on any atom is 0.136 e. The molecule has 3 rings (SSSR count). The Morgan fingerprint density at radius 2 is 2.05 bits per heavy atom. The van der Waals surface area contributed by atoms with Gasteiger partial charge in [-0.3, -0.25) is 5.10 Å². The van der Waals surface area contributed by atoms with Crippen molar-refractivity contribution in [2.75, 3.05) is 18.0 Å². The largest absolute Gasteiger partial charge is 0.369 e. The zero-order valence-electron chi connectivity index (χ0n) is 10.6. The molecule has 2 heterocycles. The van der Waals surface area contributed by atoms with Crippen molar-refractivity contribution in [3.05, 3.63) is 42.5 Å². The number of piperidine rings is 1. The van der Waals surface area contributed by atoms with Crippen LogP contribution in [-0.2, 0) is 0 Å². The number of aromatic amines is 1. The molecule has 0 spiro atoms. The van der Waals surface area contributed by atoms with Gasteiger partial charge in [0.2, 0.25) is 0 Å². The van der Waals surface area contributed by atoms with Crippen LogP contribution in [0.15, 0.2) is 41.6 Å². The quantitative estimate of drug-likeness (QED) is 0.934. The summed E-state index contributed by atoms with van der Waals surface area (Å²) in [6.45, 7) is 2.01. The Morgan fingerprint density at radius 3 is 2.74 bits per heavy atom. The molecule has 0 aliphatic carbocycles. The Bertz CT molecular complexity index is 521. The second-order valence-electron chi connectivity index (χ2n) is 4.69. The summed E-state index contributed by atoms with van der Waals surface area (Å²) in [6, 6.07) is 7.03. The van der Waals surface area contributed by atoms with E-state index in [0.29, 0.717) is 5.25 Å². The van der Waals surface area contributed by atoms with E-state index >= 15 is 0 Å². The van der Waals surface area contributed by atoms with Crippen molar-refractivity contribution in [3.63, 3.8) is 0 Å². The lowest BCUT2D eigenvalue weighted by atomic mass is 10.1. The molecule has 0 amide bonds. The normalized spacial score (nSPS) is 16.8. The Morgan fingerprint density at radius 1 is 1.26 bits per heavy atom. The molecule has 0 saturated carbocycles. The summed E-state index contributed by atoms with van der Waals surface area (Å²) in [5, 5.41) is 7.31. The third-order valence-electron chi connectivity index (χ3n) is 3.42. The molecule has 0 radical (unpaired) electrons. The van der Waals surface area contributed by atoms with Crippen LogP contribution in [0.25, 0.3) is 0 Å². The maximum absolute atomic E-state index is 13.6. The minimum Gasteiger partial charge on any atom is -0.369 e. The number of rotatable bonds is 3. The van der Waals surface area contributed by atoms with E-state index in [9.17, 15) is 4.39 Å². The number of nitrogens with one attached hydrogen (secondary N) is 1. The molecule has 1 N–H and O–H groups in total. The number of benzene rings is 1. The molecule has 1 fully saturated rings. The highest BCUT2D eigenvalue weighted by molar-refractivity contribution is 8.00. The number of aromatic nitrogens is 2. The average Bonchev–Trinajstić information content (AvgIpc) is 2.96. The van der Waals surface area contributed by atoms with E-state index in [1.54, 1.807) is 17.8 Å². The number of anilines is 1. The SMILES string of the molecule is Fc1ccccc1SC1CCN(c2cn[nH]c2)CC1. The predicted octanol–water partition coefficient (Wildman–Crippen LogP) is 3.31. The predicted molar refractivity (Wildman–Crippen MR) is 76.1 cm³/mol. The van der Waals surface area contributed by atoms with Crippen LogP contribution in [0.2, 0.25) is 0 Å². The van der Waals surface area contributed by atoms with Gasteiger partial charge >= 0.3 is 0 Å². The Labute approximate surface area is 116 Å². The molecule has 100 valence electrons. The van der Waals surface area contributed by atoms with Gasteiger partial charge in [-0.05, 0) is 25.0 Å². The summed E-state index contributed by atoms with van der Waals surface area (Å²) in [5.74, 6) is -0.107. The van der Waals surface area contributed by atoms with Gasteiger partial charge in [0.25, 0.3) is 0 Å². The van der Waals surface area contributed by atoms with E-state index in [0.717, 1.165) is 36.5 Å². The van der Waals surface area contributed by atoms with Crippen molar-refractivity contribution in [1.82, 2.24) is 10.2 Å². The number of hydrogen-bond acceptors (Lipinski definition) is 3. The van der Waals surface area contributed by atoms with Crippen LogP contribution in [-0.4, -0.2) is 28.5 Å². The van der Waals surface area contributed by atoms with Gasteiger partial charge in [-0.1, -0.05) is 12.1 Å². The highest BCUT2D eigenvalue weighted by Gasteiger charge is 2.21. The number of H-pyrrole nitrogens is 1.